The summed E-state index contributed by atoms with van der Waals surface area (Å²) in [6.07, 6.45) is -3.14. The van der Waals surface area contributed by atoms with Crippen LogP contribution in [0.2, 0.25) is 0 Å². The average Bonchev–Trinajstić information content (AvgIpc) is 3.07. The zero-order valence-corrected chi connectivity index (χ0v) is 16.8. The van der Waals surface area contributed by atoms with E-state index in [9.17, 15) is 22.8 Å². The Balaban J connectivity index is 1.38. The van der Waals surface area contributed by atoms with Crippen molar-refractivity contribution in [2.75, 3.05) is 31.2 Å². The Labute approximate surface area is 179 Å². The minimum atomic E-state index is -4.76. The first-order valence-electron chi connectivity index (χ1n) is 9.82. The van der Waals surface area contributed by atoms with E-state index < -0.39 is 18.0 Å². The molecule has 1 amide bonds. The molecule has 1 aliphatic rings. The largest absolute Gasteiger partial charge is 0.573 e. The quantitative estimate of drug-likeness (QED) is 0.612. The SMILES string of the molecule is O=C(Cn1nc2cc(N3CCOCC3)ccn2c1=O)NCc1ccc(OC(F)(F)F)cc1. The Kier molecular flexibility index (Phi) is 6.04. The maximum Gasteiger partial charge on any atom is 0.573 e. The number of morpholine rings is 1. The normalized spacial score (nSPS) is 14.5. The molecule has 9 nitrogen and oxygen atoms in total. The summed E-state index contributed by atoms with van der Waals surface area (Å²) in [7, 11) is 0. The molecule has 1 N–H and O–H groups in total. The summed E-state index contributed by atoms with van der Waals surface area (Å²) in [5.74, 6) is -0.806. The molecule has 1 aromatic carbocycles. The predicted octanol–water partition coefficient (Wildman–Crippen LogP) is 1.55. The third-order valence-corrected chi connectivity index (χ3v) is 4.88. The molecule has 170 valence electrons. The first-order chi connectivity index (χ1) is 15.3. The van der Waals surface area contributed by atoms with Gasteiger partial charge in [-0.15, -0.1) is 18.3 Å². The molecule has 0 radical (unpaired) electrons. The fraction of sp³-hybridized carbons (Fsp3) is 0.350. The number of carbonyl (C=O) groups excluding carboxylic acids is 1. The summed E-state index contributed by atoms with van der Waals surface area (Å²) in [5.41, 5.74) is 1.47. The predicted molar refractivity (Wildman–Crippen MR) is 107 cm³/mol. The van der Waals surface area contributed by atoms with E-state index in [4.69, 9.17) is 4.74 Å². The number of rotatable bonds is 6. The van der Waals surface area contributed by atoms with Crippen molar-refractivity contribution in [3.63, 3.8) is 0 Å². The fourth-order valence-corrected chi connectivity index (χ4v) is 3.33. The number of hydrogen-bond acceptors (Lipinski definition) is 6. The van der Waals surface area contributed by atoms with Crippen LogP contribution in [-0.2, 0) is 22.6 Å². The molecule has 1 aliphatic heterocycles. The second-order valence-corrected chi connectivity index (χ2v) is 7.12. The van der Waals surface area contributed by atoms with Crippen LogP contribution in [0.25, 0.3) is 5.65 Å². The van der Waals surface area contributed by atoms with Gasteiger partial charge in [0, 0.05) is 37.6 Å². The highest BCUT2D eigenvalue weighted by Gasteiger charge is 2.30. The smallest absolute Gasteiger partial charge is 0.406 e. The maximum atomic E-state index is 12.5. The van der Waals surface area contributed by atoms with E-state index in [0.717, 1.165) is 35.6 Å². The zero-order chi connectivity index (χ0) is 22.7. The van der Waals surface area contributed by atoms with Gasteiger partial charge >= 0.3 is 12.1 Å². The van der Waals surface area contributed by atoms with E-state index >= 15 is 0 Å². The lowest BCUT2D eigenvalue weighted by Crippen LogP contribution is -2.36. The minimum absolute atomic E-state index is 0.0778. The number of ether oxygens (including phenoxy) is 2. The van der Waals surface area contributed by atoms with Crippen molar-refractivity contribution in [1.82, 2.24) is 19.5 Å². The molecule has 0 spiro atoms. The van der Waals surface area contributed by atoms with Crippen molar-refractivity contribution >= 4 is 17.2 Å². The molecule has 4 rings (SSSR count). The highest BCUT2D eigenvalue weighted by molar-refractivity contribution is 5.75. The van der Waals surface area contributed by atoms with E-state index in [1.807, 2.05) is 6.07 Å². The number of nitrogens with zero attached hydrogens (tertiary/aromatic N) is 4. The molecule has 0 aliphatic carbocycles. The summed E-state index contributed by atoms with van der Waals surface area (Å²) in [4.78, 5) is 26.9. The lowest BCUT2D eigenvalue weighted by molar-refractivity contribution is -0.274. The van der Waals surface area contributed by atoms with Crippen molar-refractivity contribution in [2.24, 2.45) is 0 Å². The molecular formula is C20H20F3N5O4. The summed E-state index contributed by atoms with van der Waals surface area (Å²) in [6.45, 7) is 2.53. The summed E-state index contributed by atoms with van der Waals surface area (Å²) in [5, 5.41) is 6.85. The van der Waals surface area contributed by atoms with Gasteiger partial charge in [0.1, 0.15) is 12.3 Å². The summed E-state index contributed by atoms with van der Waals surface area (Å²) in [6, 6.07) is 8.74. The molecule has 1 fully saturated rings. The van der Waals surface area contributed by atoms with Crippen LogP contribution in [0.3, 0.4) is 0 Å². The summed E-state index contributed by atoms with van der Waals surface area (Å²) < 4.78 is 48.2. The van der Waals surface area contributed by atoms with Crippen LogP contribution in [0.15, 0.2) is 47.4 Å². The number of halogens is 3. The molecule has 2 aromatic heterocycles. The van der Waals surface area contributed by atoms with Gasteiger partial charge in [-0.2, -0.15) is 0 Å². The van der Waals surface area contributed by atoms with Gasteiger partial charge in [0.05, 0.1) is 13.2 Å². The number of carbonyl (C=O) groups is 1. The van der Waals surface area contributed by atoms with Crippen molar-refractivity contribution in [1.29, 1.82) is 0 Å². The number of pyridine rings is 1. The third kappa shape index (κ3) is 5.19. The van der Waals surface area contributed by atoms with Crippen LogP contribution >= 0.6 is 0 Å². The number of fused-ring (bicyclic) bond motifs is 1. The molecular weight excluding hydrogens is 431 g/mol. The number of aromatic nitrogens is 3. The van der Waals surface area contributed by atoms with E-state index in [2.05, 4.69) is 20.1 Å². The first-order valence-corrected chi connectivity index (χ1v) is 9.82. The Bertz CT molecular complexity index is 1150. The topological polar surface area (TPSA) is 90.1 Å². The van der Waals surface area contributed by atoms with Crippen LogP contribution in [0.1, 0.15) is 5.56 Å². The monoisotopic (exact) mass is 451 g/mol. The molecule has 0 atom stereocenters. The number of nitrogens with one attached hydrogen (secondary N) is 1. The standard InChI is InChI=1S/C20H20F3N5O4/c21-20(22,23)32-16-3-1-14(2-4-16)12-24-18(29)13-28-19(30)27-6-5-15(11-17(27)25-28)26-7-9-31-10-8-26/h1-6,11H,7-10,12-13H2,(H,24,29). The zero-order valence-electron chi connectivity index (χ0n) is 16.8. The number of anilines is 1. The molecule has 3 heterocycles. The molecule has 12 heteroatoms. The number of hydrogen-bond donors (Lipinski definition) is 1. The van der Waals surface area contributed by atoms with Crippen LogP contribution in [-0.4, -0.2) is 52.8 Å². The highest BCUT2D eigenvalue weighted by Crippen LogP contribution is 2.22. The molecule has 32 heavy (non-hydrogen) atoms. The van der Waals surface area contributed by atoms with E-state index in [0.29, 0.717) is 24.4 Å². The molecule has 1 saturated heterocycles. The van der Waals surface area contributed by atoms with Gasteiger partial charge in [-0.1, -0.05) is 12.1 Å². The second kappa shape index (κ2) is 8.91. The molecule has 0 unspecified atom stereocenters. The number of benzene rings is 1. The van der Waals surface area contributed by atoms with Gasteiger partial charge in [0.25, 0.3) is 0 Å². The van der Waals surface area contributed by atoms with Crippen molar-refractivity contribution in [3.8, 4) is 5.75 Å². The Morgan fingerprint density at radius 2 is 1.88 bits per heavy atom. The number of amides is 1. The van der Waals surface area contributed by atoms with Crippen molar-refractivity contribution in [3.05, 3.63) is 58.6 Å². The van der Waals surface area contributed by atoms with Gasteiger partial charge in [0.15, 0.2) is 5.65 Å². The third-order valence-electron chi connectivity index (χ3n) is 4.88. The minimum Gasteiger partial charge on any atom is -0.406 e. The fourth-order valence-electron chi connectivity index (χ4n) is 3.33. The van der Waals surface area contributed by atoms with Gasteiger partial charge in [0.2, 0.25) is 5.91 Å². The maximum absolute atomic E-state index is 12.5. The molecule has 0 bridgehead atoms. The highest BCUT2D eigenvalue weighted by atomic mass is 19.4. The first kappa shape index (κ1) is 21.7. The van der Waals surface area contributed by atoms with E-state index in [-0.39, 0.29) is 18.8 Å². The lowest BCUT2D eigenvalue weighted by atomic mass is 10.2. The van der Waals surface area contributed by atoms with Crippen LogP contribution in [0, 0.1) is 0 Å². The van der Waals surface area contributed by atoms with E-state index in [1.54, 1.807) is 12.3 Å². The molecule has 3 aromatic rings. The van der Waals surface area contributed by atoms with Crippen LogP contribution in [0.5, 0.6) is 5.75 Å². The van der Waals surface area contributed by atoms with Gasteiger partial charge in [-0.05, 0) is 23.8 Å². The Hall–Kier alpha value is -3.54. The number of alkyl halides is 3. The van der Waals surface area contributed by atoms with E-state index in [1.165, 1.54) is 16.5 Å². The van der Waals surface area contributed by atoms with Crippen LogP contribution in [0.4, 0.5) is 18.9 Å². The Morgan fingerprint density at radius 3 is 2.56 bits per heavy atom. The molecule has 0 saturated carbocycles. The lowest BCUT2D eigenvalue weighted by Gasteiger charge is -2.28. The van der Waals surface area contributed by atoms with Crippen molar-refractivity contribution in [2.45, 2.75) is 19.5 Å². The van der Waals surface area contributed by atoms with Gasteiger partial charge in [-0.3, -0.25) is 9.20 Å². The summed E-state index contributed by atoms with van der Waals surface area (Å²) >= 11 is 0. The average molecular weight is 451 g/mol. The van der Waals surface area contributed by atoms with Crippen molar-refractivity contribution < 1.29 is 27.4 Å². The van der Waals surface area contributed by atoms with Crippen LogP contribution < -0.4 is 20.6 Å². The van der Waals surface area contributed by atoms with Gasteiger partial charge < -0.3 is 19.7 Å². The van der Waals surface area contributed by atoms with Gasteiger partial charge in [-0.25, -0.2) is 9.48 Å². The second-order valence-electron chi connectivity index (χ2n) is 7.12. The Morgan fingerprint density at radius 1 is 1.16 bits per heavy atom.